The van der Waals surface area contributed by atoms with Crippen molar-refractivity contribution in [3.8, 4) is 5.69 Å². The Kier molecular flexibility index (Phi) is 5.21. The van der Waals surface area contributed by atoms with Gasteiger partial charge in [-0.25, -0.2) is 4.68 Å². The number of aromatic nitrogens is 2. The van der Waals surface area contributed by atoms with Crippen LogP contribution >= 0.6 is 0 Å². The largest absolute Gasteiger partial charge is 0.320 e. The van der Waals surface area contributed by atoms with Crippen LogP contribution in [-0.4, -0.2) is 21.7 Å². The molecule has 0 radical (unpaired) electrons. The fourth-order valence-corrected chi connectivity index (χ4v) is 2.59. The van der Waals surface area contributed by atoms with Gasteiger partial charge in [0.15, 0.2) is 5.82 Å². The van der Waals surface area contributed by atoms with E-state index < -0.39 is 6.04 Å². The summed E-state index contributed by atoms with van der Waals surface area (Å²) in [5.41, 5.74) is 10.3. The molecule has 0 bridgehead atoms. The number of nitrogens with two attached hydrogens (primary N) is 1. The summed E-state index contributed by atoms with van der Waals surface area (Å²) in [4.78, 5) is 12.2. The maximum Gasteiger partial charge on any atom is 0.242 e. The van der Waals surface area contributed by atoms with Gasteiger partial charge in [-0.1, -0.05) is 26.3 Å². The van der Waals surface area contributed by atoms with E-state index in [9.17, 15) is 4.79 Å². The highest BCUT2D eigenvalue weighted by Crippen LogP contribution is 2.18. The fourth-order valence-electron chi connectivity index (χ4n) is 2.59. The first-order valence-corrected chi connectivity index (χ1v) is 8.03. The van der Waals surface area contributed by atoms with E-state index in [-0.39, 0.29) is 11.8 Å². The molecule has 3 N–H and O–H groups in total. The zero-order valence-electron chi connectivity index (χ0n) is 14.6. The Morgan fingerprint density at radius 1 is 1.22 bits per heavy atom. The molecule has 0 saturated carbocycles. The first kappa shape index (κ1) is 17.2. The minimum absolute atomic E-state index is 0.137. The van der Waals surface area contributed by atoms with Gasteiger partial charge in [-0.3, -0.25) is 4.79 Å². The maximum atomic E-state index is 12.2. The molecule has 5 nitrogen and oxygen atoms in total. The minimum atomic E-state index is -0.522. The van der Waals surface area contributed by atoms with Gasteiger partial charge in [-0.15, -0.1) is 5.10 Å². The number of nitrogens with zero attached hydrogens (tertiary/aromatic N) is 2. The molecule has 1 amide bonds. The van der Waals surface area contributed by atoms with Crippen molar-refractivity contribution in [2.75, 3.05) is 5.32 Å². The summed E-state index contributed by atoms with van der Waals surface area (Å²) in [5.74, 6) is 0.479. The molecule has 124 valence electrons. The van der Waals surface area contributed by atoms with Gasteiger partial charge < -0.3 is 11.1 Å². The van der Waals surface area contributed by atoms with E-state index in [2.05, 4.69) is 42.5 Å². The van der Waals surface area contributed by atoms with Gasteiger partial charge in [0, 0.05) is 11.8 Å². The van der Waals surface area contributed by atoms with E-state index in [0.717, 1.165) is 17.8 Å². The summed E-state index contributed by atoms with van der Waals surface area (Å²) in [7, 11) is 0. The number of hydrogen-bond donors (Lipinski definition) is 2. The molecule has 1 aromatic carbocycles. The molecular formula is C18H26N4O. The average Bonchev–Trinajstić information content (AvgIpc) is 2.85. The Balaban J connectivity index is 2.23. The Morgan fingerprint density at radius 2 is 1.83 bits per heavy atom. The van der Waals surface area contributed by atoms with Crippen molar-refractivity contribution in [2.24, 2.45) is 11.7 Å². The second-order valence-corrected chi connectivity index (χ2v) is 6.33. The predicted molar refractivity (Wildman–Crippen MR) is 93.8 cm³/mol. The summed E-state index contributed by atoms with van der Waals surface area (Å²) in [5, 5.41) is 7.32. The van der Waals surface area contributed by atoms with Gasteiger partial charge in [0.2, 0.25) is 5.91 Å². The van der Waals surface area contributed by atoms with Gasteiger partial charge in [0.1, 0.15) is 0 Å². The quantitative estimate of drug-likeness (QED) is 0.890. The lowest BCUT2D eigenvalue weighted by Gasteiger charge is -2.16. The van der Waals surface area contributed by atoms with Gasteiger partial charge in [-0.05, 0) is 49.9 Å². The summed E-state index contributed by atoms with van der Waals surface area (Å²) < 4.78 is 1.84. The lowest BCUT2D eigenvalue weighted by Crippen LogP contribution is -2.40. The van der Waals surface area contributed by atoms with Crippen molar-refractivity contribution in [3.63, 3.8) is 0 Å². The van der Waals surface area contributed by atoms with Crippen LogP contribution in [0.15, 0.2) is 24.3 Å². The van der Waals surface area contributed by atoms with Crippen LogP contribution < -0.4 is 11.1 Å². The van der Waals surface area contributed by atoms with Crippen molar-refractivity contribution in [1.82, 2.24) is 9.78 Å². The number of rotatable bonds is 5. The maximum absolute atomic E-state index is 12.2. The molecule has 5 heteroatoms. The number of aryl methyl sites for hydroxylation is 3. The topological polar surface area (TPSA) is 72.9 Å². The smallest absolute Gasteiger partial charge is 0.242 e. The third-order valence-electron chi connectivity index (χ3n) is 4.15. The van der Waals surface area contributed by atoms with E-state index in [1.807, 2.05) is 31.5 Å². The first-order chi connectivity index (χ1) is 10.8. The fraction of sp³-hybridized carbons (Fsp3) is 0.444. The van der Waals surface area contributed by atoms with Crippen molar-refractivity contribution in [3.05, 3.63) is 41.1 Å². The molecule has 0 spiro atoms. The molecule has 2 aromatic rings. The molecule has 2 atom stereocenters. The Bertz CT molecular complexity index is 685. The molecule has 0 aliphatic rings. The summed E-state index contributed by atoms with van der Waals surface area (Å²) in [6.45, 7) is 10.1. The zero-order valence-corrected chi connectivity index (χ0v) is 14.6. The van der Waals surface area contributed by atoms with Crippen molar-refractivity contribution in [2.45, 2.75) is 47.1 Å². The first-order valence-electron chi connectivity index (χ1n) is 8.03. The molecule has 1 heterocycles. The summed E-state index contributed by atoms with van der Waals surface area (Å²) in [6.07, 6.45) is 0.866. The number of carbonyl (C=O) groups is 1. The van der Waals surface area contributed by atoms with Crippen LogP contribution in [0.3, 0.4) is 0 Å². The average molecular weight is 314 g/mol. The van der Waals surface area contributed by atoms with Gasteiger partial charge in [-0.2, -0.15) is 0 Å². The molecule has 2 rings (SSSR count). The van der Waals surface area contributed by atoms with Crippen molar-refractivity contribution in [1.29, 1.82) is 0 Å². The van der Waals surface area contributed by atoms with Crippen molar-refractivity contribution < 1.29 is 4.79 Å². The molecule has 23 heavy (non-hydrogen) atoms. The number of anilines is 1. The second-order valence-electron chi connectivity index (χ2n) is 6.33. The number of benzene rings is 1. The third kappa shape index (κ3) is 3.99. The van der Waals surface area contributed by atoms with Crippen LogP contribution in [0.1, 0.15) is 37.1 Å². The van der Waals surface area contributed by atoms with Crippen LogP contribution in [-0.2, 0) is 4.79 Å². The Labute approximate surface area is 137 Å². The SMILES string of the molecule is CCC(C)C(N)C(=O)Nc1cc(C)n(-c2cc(C)cc(C)c2)n1. The zero-order chi connectivity index (χ0) is 17.1. The second kappa shape index (κ2) is 6.96. The monoisotopic (exact) mass is 314 g/mol. The molecule has 0 aliphatic heterocycles. The number of hydrogen-bond acceptors (Lipinski definition) is 3. The number of carbonyl (C=O) groups excluding carboxylic acids is 1. The highest BCUT2D eigenvalue weighted by molar-refractivity contribution is 5.94. The van der Waals surface area contributed by atoms with E-state index in [4.69, 9.17) is 5.73 Å². The molecule has 2 unspecified atom stereocenters. The molecule has 1 aromatic heterocycles. The highest BCUT2D eigenvalue weighted by atomic mass is 16.2. The van der Waals surface area contributed by atoms with Gasteiger partial charge in [0.25, 0.3) is 0 Å². The van der Waals surface area contributed by atoms with E-state index in [1.54, 1.807) is 0 Å². The predicted octanol–water partition coefficient (Wildman–Crippen LogP) is 3.11. The van der Waals surface area contributed by atoms with Crippen molar-refractivity contribution >= 4 is 11.7 Å². The van der Waals surface area contributed by atoms with Crippen LogP contribution in [0.5, 0.6) is 0 Å². The minimum Gasteiger partial charge on any atom is -0.320 e. The summed E-state index contributed by atoms with van der Waals surface area (Å²) in [6, 6.07) is 7.61. The normalized spacial score (nSPS) is 13.7. The highest BCUT2D eigenvalue weighted by Gasteiger charge is 2.20. The molecular weight excluding hydrogens is 288 g/mol. The van der Waals surface area contributed by atoms with E-state index in [1.165, 1.54) is 11.1 Å². The van der Waals surface area contributed by atoms with Crippen LogP contribution in [0.2, 0.25) is 0 Å². The summed E-state index contributed by atoms with van der Waals surface area (Å²) >= 11 is 0. The Hall–Kier alpha value is -2.14. The van der Waals surface area contributed by atoms with Crippen LogP contribution in [0.25, 0.3) is 5.69 Å². The lowest BCUT2D eigenvalue weighted by atomic mass is 9.99. The molecule has 0 saturated heterocycles. The lowest BCUT2D eigenvalue weighted by molar-refractivity contribution is -0.118. The molecule has 0 aliphatic carbocycles. The van der Waals surface area contributed by atoms with Crippen LogP contribution in [0.4, 0.5) is 5.82 Å². The van der Waals surface area contributed by atoms with E-state index in [0.29, 0.717) is 5.82 Å². The van der Waals surface area contributed by atoms with Crippen LogP contribution in [0, 0.1) is 26.7 Å². The Morgan fingerprint density at radius 3 is 2.39 bits per heavy atom. The number of amides is 1. The standard InChI is InChI=1S/C18H26N4O/c1-6-13(4)17(19)18(23)20-16-10-14(5)22(21-16)15-8-11(2)7-12(3)9-15/h7-10,13,17H,6,19H2,1-5H3,(H,20,21,23). The molecule has 0 fully saturated rings. The van der Waals surface area contributed by atoms with Gasteiger partial charge >= 0.3 is 0 Å². The van der Waals surface area contributed by atoms with Gasteiger partial charge in [0.05, 0.1) is 11.7 Å². The van der Waals surface area contributed by atoms with E-state index >= 15 is 0 Å². The third-order valence-corrected chi connectivity index (χ3v) is 4.15. The number of nitrogens with one attached hydrogen (secondary N) is 1.